The zero-order valence-electron chi connectivity index (χ0n) is 16.2. The summed E-state index contributed by atoms with van der Waals surface area (Å²) in [6, 6.07) is 11.2. The lowest BCUT2D eigenvalue weighted by Gasteiger charge is -2.03. The molecule has 6 heteroatoms. The molecule has 2 heterocycles. The highest BCUT2D eigenvalue weighted by Gasteiger charge is 2.09. The molecule has 0 aliphatic rings. The maximum atomic E-state index is 12.5. The average Bonchev–Trinajstić information content (AvgIpc) is 3.18. The lowest BCUT2D eigenvalue weighted by Crippen LogP contribution is -2.12. The van der Waals surface area contributed by atoms with Crippen LogP contribution in [-0.4, -0.2) is 20.7 Å². The molecule has 0 spiro atoms. The van der Waals surface area contributed by atoms with Crippen molar-refractivity contribution in [2.45, 2.75) is 32.7 Å². The smallest absolute Gasteiger partial charge is 0.257 e. The SMILES string of the molecule is CCCCC#Cc1cncc(C(=O)Nc2cnn(Cc3cccc(C#N)c3)c2)c1. The summed E-state index contributed by atoms with van der Waals surface area (Å²) in [6.07, 6.45) is 9.52. The molecule has 6 nitrogen and oxygen atoms in total. The van der Waals surface area contributed by atoms with E-state index in [0.29, 0.717) is 23.4 Å². The first-order chi connectivity index (χ1) is 14.2. The topological polar surface area (TPSA) is 83.6 Å². The molecular weight excluding hydrogens is 362 g/mol. The quantitative estimate of drug-likeness (QED) is 0.515. The first-order valence-corrected chi connectivity index (χ1v) is 9.44. The van der Waals surface area contributed by atoms with Crippen molar-refractivity contribution in [3.63, 3.8) is 0 Å². The number of carbonyl (C=O) groups excluding carboxylic acids is 1. The first-order valence-electron chi connectivity index (χ1n) is 9.44. The van der Waals surface area contributed by atoms with E-state index in [0.717, 1.165) is 30.4 Å². The fraction of sp³-hybridized carbons (Fsp3) is 0.217. The molecule has 0 bridgehead atoms. The van der Waals surface area contributed by atoms with E-state index in [-0.39, 0.29) is 5.91 Å². The average molecular weight is 383 g/mol. The Kier molecular flexibility index (Phi) is 6.75. The molecule has 144 valence electrons. The summed E-state index contributed by atoms with van der Waals surface area (Å²) in [5.74, 6) is 5.88. The van der Waals surface area contributed by atoms with Crippen LogP contribution in [-0.2, 0) is 6.54 Å². The molecule has 29 heavy (non-hydrogen) atoms. The molecule has 0 saturated heterocycles. The van der Waals surface area contributed by atoms with E-state index in [1.54, 1.807) is 35.4 Å². The molecule has 2 aromatic heterocycles. The van der Waals surface area contributed by atoms with E-state index >= 15 is 0 Å². The predicted octanol–water partition coefficient (Wildman–Crippen LogP) is 3.99. The molecule has 1 aromatic carbocycles. The van der Waals surface area contributed by atoms with Gasteiger partial charge in [0.25, 0.3) is 5.91 Å². The largest absolute Gasteiger partial charge is 0.319 e. The molecule has 0 atom stereocenters. The molecule has 3 aromatic rings. The minimum atomic E-state index is -0.263. The summed E-state index contributed by atoms with van der Waals surface area (Å²) in [6.45, 7) is 2.63. The van der Waals surface area contributed by atoms with Crippen molar-refractivity contribution >= 4 is 11.6 Å². The van der Waals surface area contributed by atoms with Crippen LogP contribution in [0, 0.1) is 23.2 Å². The third-order valence-corrected chi connectivity index (χ3v) is 4.18. The van der Waals surface area contributed by atoms with Crippen LogP contribution >= 0.6 is 0 Å². The van der Waals surface area contributed by atoms with Crippen LogP contribution < -0.4 is 5.32 Å². The number of nitriles is 1. The van der Waals surface area contributed by atoms with Gasteiger partial charge in [0.05, 0.1) is 35.6 Å². The van der Waals surface area contributed by atoms with E-state index in [2.05, 4.69) is 40.2 Å². The van der Waals surface area contributed by atoms with Gasteiger partial charge in [0.15, 0.2) is 0 Å². The number of nitrogens with zero attached hydrogens (tertiary/aromatic N) is 4. The van der Waals surface area contributed by atoms with Crippen molar-refractivity contribution < 1.29 is 4.79 Å². The van der Waals surface area contributed by atoms with Crippen molar-refractivity contribution in [3.05, 3.63) is 77.4 Å². The molecule has 1 amide bonds. The monoisotopic (exact) mass is 383 g/mol. The fourth-order valence-electron chi connectivity index (χ4n) is 2.71. The van der Waals surface area contributed by atoms with Gasteiger partial charge < -0.3 is 5.32 Å². The first kappa shape index (κ1) is 19.9. The second kappa shape index (κ2) is 9.87. The van der Waals surface area contributed by atoms with Gasteiger partial charge in [-0.15, -0.1) is 0 Å². The van der Waals surface area contributed by atoms with E-state index in [4.69, 9.17) is 5.26 Å². The maximum Gasteiger partial charge on any atom is 0.257 e. The summed E-state index contributed by atoms with van der Waals surface area (Å²) in [7, 11) is 0. The van der Waals surface area contributed by atoms with E-state index in [1.807, 2.05) is 18.2 Å². The standard InChI is InChI=1S/C23H21N5O/c1-2-3-4-5-7-19-11-21(14-25-13-19)23(29)27-22-15-26-28(17-22)16-20-9-6-8-18(10-20)12-24/h6,8-11,13-15,17H,2-4,16H2,1H3,(H,27,29). The van der Waals surface area contributed by atoms with Crippen molar-refractivity contribution in [2.75, 3.05) is 5.32 Å². The maximum absolute atomic E-state index is 12.5. The lowest BCUT2D eigenvalue weighted by molar-refractivity contribution is 0.102. The van der Waals surface area contributed by atoms with Gasteiger partial charge in [-0.25, -0.2) is 0 Å². The van der Waals surface area contributed by atoms with Crippen molar-refractivity contribution in [1.82, 2.24) is 14.8 Å². The molecule has 1 N–H and O–H groups in total. The molecular formula is C23H21N5O. The van der Waals surface area contributed by atoms with Crippen LogP contribution in [0.25, 0.3) is 0 Å². The van der Waals surface area contributed by atoms with E-state index in [9.17, 15) is 4.79 Å². The Morgan fingerprint density at radius 1 is 1.21 bits per heavy atom. The molecule has 0 aliphatic heterocycles. The number of benzene rings is 1. The van der Waals surface area contributed by atoms with Gasteiger partial charge in [0, 0.05) is 30.6 Å². The van der Waals surface area contributed by atoms with Crippen LogP contribution in [0.15, 0.2) is 55.1 Å². The number of pyridine rings is 1. The third kappa shape index (κ3) is 5.79. The summed E-state index contributed by atoms with van der Waals surface area (Å²) in [5.41, 5.74) is 3.33. The van der Waals surface area contributed by atoms with Crippen LogP contribution in [0.5, 0.6) is 0 Å². The normalized spacial score (nSPS) is 9.93. The van der Waals surface area contributed by atoms with Gasteiger partial charge in [-0.3, -0.25) is 14.5 Å². The Bertz CT molecular complexity index is 1100. The number of aromatic nitrogens is 3. The van der Waals surface area contributed by atoms with Crippen molar-refractivity contribution in [1.29, 1.82) is 5.26 Å². The highest BCUT2D eigenvalue weighted by atomic mass is 16.1. The Balaban J connectivity index is 1.64. The Hall–Kier alpha value is -3.90. The molecule has 0 aliphatic carbocycles. The number of hydrogen-bond donors (Lipinski definition) is 1. The second-order valence-corrected chi connectivity index (χ2v) is 6.56. The number of rotatable bonds is 6. The number of unbranched alkanes of at least 4 members (excludes halogenated alkanes) is 2. The summed E-state index contributed by atoms with van der Waals surface area (Å²) < 4.78 is 1.71. The van der Waals surface area contributed by atoms with Gasteiger partial charge in [-0.05, 0) is 30.2 Å². The third-order valence-electron chi connectivity index (χ3n) is 4.18. The van der Waals surface area contributed by atoms with Gasteiger partial charge in [0.2, 0.25) is 0 Å². The lowest BCUT2D eigenvalue weighted by atomic mass is 10.1. The number of carbonyl (C=O) groups is 1. The molecule has 0 saturated carbocycles. The summed E-state index contributed by atoms with van der Waals surface area (Å²) >= 11 is 0. The van der Waals surface area contributed by atoms with Gasteiger partial charge in [0.1, 0.15) is 0 Å². The van der Waals surface area contributed by atoms with Crippen LogP contribution in [0.3, 0.4) is 0 Å². The Morgan fingerprint density at radius 3 is 2.93 bits per heavy atom. The second-order valence-electron chi connectivity index (χ2n) is 6.56. The number of nitrogens with one attached hydrogen (secondary N) is 1. The van der Waals surface area contributed by atoms with E-state index < -0.39 is 0 Å². The van der Waals surface area contributed by atoms with Crippen LogP contribution in [0.4, 0.5) is 5.69 Å². The highest BCUT2D eigenvalue weighted by Crippen LogP contribution is 2.12. The molecule has 3 rings (SSSR count). The van der Waals surface area contributed by atoms with E-state index in [1.165, 1.54) is 6.20 Å². The van der Waals surface area contributed by atoms with Crippen molar-refractivity contribution in [3.8, 4) is 17.9 Å². The van der Waals surface area contributed by atoms with Crippen LogP contribution in [0.2, 0.25) is 0 Å². The molecule has 0 unspecified atom stereocenters. The van der Waals surface area contributed by atoms with Crippen molar-refractivity contribution in [2.24, 2.45) is 0 Å². The van der Waals surface area contributed by atoms with Crippen LogP contribution in [0.1, 0.15) is 53.2 Å². The zero-order chi connectivity index (χ0) is 20.5. The zero-order valence-corrected chi connectivity index (χ0v) is 16.2. The Labute approximate surface area is 170 Å². The number of anilines is 1. The number of amides is 1. The summed E-state index contributed by atoms with van der Waals surface area (Å²) in [5, 5.41) is 16.1. The Morgan fingerprint density at radius 2 is 2.10 bits per heavy atom. The van der Waals surface area contributed by atoms with Gasteiger partial charge in [-0.1, -0.05) is 37.3 Å². The minimum Gasteiger partial charge on any atom is -0.319 e. The highest BCUT2D eigenvalue weighted by molar-refractivity contribution is 6.04. The number of hydrogen-bond acceptors (Lipinski definition) is 4. The fourth-order valence-corrected chi connectivity index (χ4v) is 2.71. The summed E-state index contributed by atoms with van der Waals surface area (Å²) in [4.78, 5) is 16.6. The molecule has 0 fully saturated rings. The minimum absolute atomic E-state index is 0.263. The molecule has 0 radical (unpaired) electrons. The van der Waals surface area contributed by atoms with Gasteiger partial charge >= 0.3 is 0 Å². The van der Waals surface area contributed by atoms with Gasteiger partial charge in [-0.2, -0.15) is 10.4 Å². The predicted molar refractivity (Wildman–Crippen MR) is 111 cm³/mol.